The molecule has 4 rings (SSSR count). The van der Waals surface area contributed by atoms with Crippen molar-refractivity contribution in [1.29, 1.82) is 10.5 Å². The molecular weight excluding hydrogens is 416 g/mol. The van der Waals surface area contributed by atoms with Crippen LogP contribution in [0.4, 0.5) is 5.82 Å². The zero-order valence-corrected chi connectivity index (χ0v) is 18.2. The lowest BCUT2D eigenvalue weighted by Crippen LogP contribution is -2.31. The monoisotopic (exact) mass is 436 g/mol. The normalized spacial score (nSPS) is 17.3. The van der Waals surface area contributed by atoms with Gasteiger partial charge < -0.3 is 10.5 Å². The van der Waals surface area contributed by atoms with Crippen LogP contribution in [0.2, 0.25) is 5.02 Å². The third kappa shape index (κ3) is 3.52. The lowest BCUT2D eigenvalue weighted by Gasteiger charge is -2.22. The van der Waals surface area contributed by atoms with Crippen LogP contribution in [-0.4, -0.2) is 43.8 Å². The Hall–Kier alpha value is -3.40. The van der Waals surface area contributed by atoms with Crippen molar-refractivity contribution in [2.75, 3.05) is 18.8 Å². The minimum atomic E-state index is -0.306. The summed E-state index contributed by atoms with van der Waals surface area (Å²) >= 11 is 6.52. The Morgan fingerprint density at radius 3 is 2.87 bits per heavy atom. The molecule has 2 N–H and O–H groups in total. The van der Waals surface area contributed by atoms with E-state index >= 15 is 0 Å². The number of halogens is 1. The van der Waals surface area contributed by atoms with Crippen LogP contribution >= 0.6 is 11.6 Å². The first kappa shape index (κ1) is 20.9. The van der Waals surface area contributed by atoms with Gasteiger partial charge in [-0.2, -0.15) is 15.6 Å². The summed E-state index contributed by atoms with van der Waals surface area (Å²) < 4.78 is 8.06. The average molecular weight is 437 g/mol. The summed E-state index contributed by atoms with van der Waals surface area (Å²) in [7, 11) is 0. The number of rotatable bonds is 3. The molecule has 0 amide bonds. The molecule has 2 aromatic heterocycles. The number of anilines is 1. The summed E-state index contributed by atoms with van der Waals surface area (Å²) in [6.45, 7) is 6.95. The van der Waals surface area contributed by atoms with Crippen LogP contribution in [0.1, 0.15) is 42.3 Å². The van der Waals surface area contributed by atoms with Gasteiger partial charge in [0.25, 0.3) is 0 Å². The molecule has 2 atom stereocenters. The van der Waals surface area contributed by atoms with E-state index in [1.54, 1.807) is 10.7 Å². The predicted octanol–water partition coefficient (Wildman–Crippen LogP) is 2.96. The molecule has 10 heteroatoms. The number of nitrogen functional groups attached to an aromatic ring is 1. The molecule has 31 heavy (non-hydrogen) atoms. The summed E-state index contributed by atoms with van der Waals surface area (Å²) in [4.78, 5) is 10.4. The van der Waals surface area contributed by atoms with Gasteiger partial charge in [0.1, 0.15) is 30.1 Å². The van der Waals surface area contributed by atoms with E-state index in [2.05, 4.69) is 27.2 Å². The Morgan fingerprint density at radius 2 is 2.16 bits per heavy atom. The van der Waals surface area contributed by atoms with Crippen LogP contribution in [0, 0.1) is 29.6 Å². The number of ether oxygens (including phenoxy) is 1. The second kappa shape index (κ2) is 8.03. The van der Waals surface area contributed by atoms with Crippen LogP contribution in [0.5, 0.6) is 5.75 Å². The third-order valence-corrected chi connectivity index (χ3v) is 5.79. The highest BCUT2D eigenvalue weighted by Crippen LogP contribution is 2.40. The standard InChI is InChI=1S/C21H21ClN8O/c1-11-8-29(5-4-23)9-16-15(7-24)17(22)6-14(19(16)31-11)13(3)30-21-18(12(2)28-30)20(25)26-10-27-21/h6,10-11,13H,5,8-9H2,1-3H3,(H2,25,26,27)/t11-,13?/m0/s1. The minimum Gasteiger partial charge on any atom is -0.489 e. The Bertz CT molecular complexity index is 1260. The highest BCUT2D eigenvalue weighted by atomic mass is 35.5. The largest absolute Gasteiger partial charge is 0.489 e. The van der Waals surface area contributed by atoms with Gasteiger partial charge in [0.2, 0.25) is 0 Å². The van der Waals surface area contributed by atoms with E-state index in [0.717, 1.165) is 11.3 Å². The van der Waals surface area contributed by atoms with Gasteiger partial charge in [-0.05, 0) is 26.8 Å². The number of hydrogen-bond donors (Lipinski definition) is 1. The van der Waals surface area contributed by atoms with Crippen molar-refractivity contribution in [3.05, 3.63) is 39.8 Å². The smallest absolute Gasteiger partial charge is 0.164 e. The predicted molar refractivity (Wildman–Crippen MR) is 115 cm³/mol. The molecule has 0 aliphatic carbocycles. The number of benzene rings is 1. The second-order valence-corrected chi connectivity index (χ2v) is 8.07. The lowest BCUT2D eigenvalue weighted by atomic mass is 9.98. The zero-order chi connectivity index (χ0) is 22.3. The van der Waals surface area contributed by atoms with E-state index in [-0.39, 0.29) is 18.7 Å². The molecule has 0 spiro atoms. The first-order valence-corrected chi connectivity index (χ1v) is 10.2. The van der Waals surface area contributed by atoms with E-state index in [4.69, 9.17) is 22.1 Å². The van der Waals surface area contributed by atoms with E-state index in [1.807, 2.05) is 25.7 Å². The number of hydrogen-bond acceptors (Lipinski definition) is 8. The molecule has 1 aliphatic rings. The summed E-state index contributed by atoms with van der Waals surface area (Å²) in [5, 5.41) is 24.6. The zero-order valence-electron chi connectivity index (χ0n) is 17.4. The molecule has 1 unspecified atom stereocenters. The molecule has 9 nitrogen and oxygen atoms in total. The number of aryl methyl sites for hydroxylation is 1. The van der Waals surface area contributed by atoms with Crippen LogP contribution < -0.4 is 10.5 Å². The fraction of sp³-hybridized carbons (Fsp3) is 0.381. The number of nitriles is 2. The highest BCUT2D eigenvalue weighted by molar-refractivity contribution is 6.32. The number of nitrogens with two attached hydrogens (primary N) is 1. The van der Waals surface area contributed by atoms with Gasteiger partial charge in [-0.25, -0.2) is 14.6 Å². The van der Waals surface area contributed by atoms with Gasteiger partial charge >= 0.3 is 0 Å². The van der Waals surface area contributed by atoms with E-state index in [9.17, 15) is 10.5 Å². The first-order valence-electron chi connectivity index (χ1n) is 9.82. The van der Waals surface area contributed by atoms with Crippen molar-refractivity contribution in [2.24, 2.45) is 0 Å². The molecule has 0 fully saturated rings. The molecule has 0 radical (unpaired) electrons. The van der Waals surface area contributed by atoms with Gasteiger partial charge in [0.15, 0.2) is 5.65 Å². The number of nitrogens with zero attached hydrogens (tertiary/aromatic N) is 7. The van der Waals surface area contributed by atoms with Crippen LogP contribution in [0.15, 0.2) is 12.4 Å². The molecule has 3 heterocycles. The maximum Gasteiger partial charge on any atom is 0.164 e. The summed E-state index contributed by atoms with van der Waals surface area (Å²) in [6, 6.07) is 5.82. The fourth-order valence-corrected chi connectivity index (χ4v) is 4.38. The van der Waals surface area contributed by atoms with Crippen LogP contribution in [-0.2, 0) is 6.54 Å². The van der Waals surface area contributed by atoms with E-state index in [1.165, 1.54) is 6.33 Å². The number of aromatic nitrogens is 4. The van der Waals surface area contributed by atoms with Gasteiger partial charge in [0, 0.05) is 24.2 Å². The maximum absolute atomic E-state index is 9.75. The van der Waals surface area contributed by atoms with Crippen molar-refractivity contribution < 1.29 is 4.74 Å². The Labute approximate surface area is 184 Å². The summed E-state index contributed by atoms with van der Waals surface area (Å²) in [5.41, 5.74) is 9.20. The summed E-state index contributed by atoms with van der Waals surface area (Å²) in [5.74, 6) is 0.972. The van der Waals surface area contributed by atoms with Crippen molar-refractivity contribution in [2.45, 2.75) is 39.5 Å². The quantitative estimate of drug-likeness (QED) is 0.620. The van der Waals surface area contributed by atoms with E-state index < -0.39 is 0 Å². The first-order chi connectivity index (χ1) is 14.8. The Balaban J connectivity index is 1.92. The Morgan fingerprint density at radius 1 is 1.39 bits per heavy atom. The Kier molecular flexibility index (Phi) is 5.40. The van der Waals surface area contributed by atoms with Crippen molar-refractivity contribution >= 4 is 28.5 Å². The molecule has 1 aromatic carbocycles. The summed E-state index contributed by atoms with van der Waals surface area (Å²) in [6.07, 6.45) is 1.23. The van der Waals surface area contributed by atoms with Gasteiger partial charge in [-0.15, -0.1) is 0 Å². The molecule has 0 bridgehead atoms. The third-order valence-electron chi connectivity index (χ3n) is 5.49. The van der Waals surface area contributed by atoms with Crippen molar-refractivity contribution in [3.8, 4) is 17.9 Å². The minimum absolute atomic E-state index is 0.178. The van der Waals surface area contributed by atoms with Gasteiger partial charge in [-0.1, -0.05) is 11.6 Å². The molecule has 158 valence electrons. The topological polar surface area (TPSA) is 130 Å². The molecule has 1 aliphatic heterocycles. The molecule has 0 saturated heterocycles. The fourth-order valence-electron chi connectivity index (χ4n) is 4.11. The van der Waals surface area contributed by atoms with Crippen LogP contribution in [0.25, 0.3) is 11.0 Å². The van der Waals surface area contributed by atoms with Crippen molar-refractivity contribution in [3.63, 3.8) is 0 Å². The maximum atomic E-state index is 9.75. The van der Waals surface area contributed by atoms with Crippen molar-refractivity contribution in [1.82, 2.24) is 24.6 Å². The van der Waals surface area contributed by atoms with E-state index in [0.29, 0.717) is 51.8 Å². The molecular formula is C21H21ClN8O. The number of fused-ring (bicyclic) bond motifs is 2. The van der Waals surface area contributed by atoms with Crippen LogP contribution in [0.3, 0.4) is 0 Å². The van der Waals surface area contributed by atoms with Gasteiger partial charge in [0.05, 0.1) is 40.3 Å². The molecule has 3 aromatic rings. The molecule has 0 saturated carbocycles. The van der Waals surface area contributed by atoms with Gasteiger partial charge in [-0.3, -0.25) is 4.90 Å². The highest BCUT2D eigenvalue weighted by Gasteiger charge is 2.30. The second-order valence-electron chi connectivity index (χ2n) is 7.66. The lowest BCUT2D eigenvalue weighted by molar-refractivity contribution is 0.169. The SMILES string of the molecule is Cc1nn(C(C)c2cc(Cl)c(C#N)c3c2O[C@@H](C)CN(CC#N)C3)c2ncnc(N)c12. The average Bonchev–Trinajstić information content (AvgIpc) is 2.97.